The monoisotopic (exact) mass is 365 g/mol. The van der Waals surface area contributed by atoms with E-state index in [1.165, 1.54) is 17.7 Å². The highest BCUT2D eigenvalue weighted by atomic mass is 19.1. The highest BCUT2D eigenvalue weighted by Gasteiger charge is 2.21. The molecule has 2 saturated heterocycles. The smallest absolute Gasteiger partial charge is 0.247 e. The van der Waals surface area contributed by atoms with Gasteiger partial charge in [-0.05, 0) is 36.3 Å². The molecule has 0 bridgehead atoms. The van der Waals surface area contributed by atoms with Gasteiger partial charge in [0, 0.05) is 56.1 Å². The van der Waals surface area contributed by atoms with Crippen LogP contribution in [0, 0.1) is 5.82 Å². The third-order valence-electron chi connectivity index (χ3n) is 5.25. The van der Waals surface area contributed by atoms with Crippen LogP contribution in [0.25, 0.3) is 6.08 Å². The first-order chi connectivity index (χ1) is 13.2. The number of piperazine rings is 1. The van der Waals surface area contributed by atoms with Crippen molar-refractivity contribution >= 4 is 17.7 Å². The van der Waals surface area contributed by atoms with Gasteiger partial charge in [-0.1, -0.05) is 30.3 Å². The van der Waals surface area contributed by atoms with Crippen molar-refractivity contribution in [2.24, 2.45) is 0 Å². The molecule has 1 amide bonds. The molecule has 4 nitrogen and oxygen atoms in total. The van der Waals surface area contributed by atoms with E-state index in [9.17, 15) is 9.18 Å². The van der Waals surface area contributed by atoms with Crippen LogP contribution in [-0.2, 0) is 11.3 Å². The quantitative estimate of drug-likeness (QED) is 0.846. The van der Waals surface area contributed by atoms with Gasteiger partial charge in [-0.15, -0.1) is 0 Å². The van der Waals surface area contributed by atoms with E-state index in [4.69, 9.17) is 0 Å². The fourth-order valence-electron chi connectivity index (χ4n) is 3.78. The molecule has 0 spiro atoms. The lowest BCUT2D eigenvalue weighted by Gasteiger charge is -2.37. The van der Waals surface area contributed by atoms with Crippen molar-refractivity contribution in [2.45, 2.75) is 13.0 Å². The molecular formula is C22H24FN3O. The summed E-state index contributed by atoms with van der Waals surface area (Å²) in [6.07, 6.45) is 2.54. The Morgan fingerprint density at radius 3 is 2.52 bits per heavy atom. The van der Waals surface area contributed by atoms with Crippen molar-refractivity contribution in [1.29, 1.82) is 0 Å². The number of halogens is 1. The molecular weight excluding hydrogens is 341 g/mol. The Bertz CT molecular complexity index is 842. The minimum absolute atomic E-state index is 0.0436. The normalized spacial score (nSPS) is 19.5. The predicted octanol–water partition coefficient (Wildman–Crippen LogP) is 3.05. The molecule has 0 unspecified atom stereocenters. The SMILES string of the molecule is O=C1NCCC1=Cc1cc(F)ccc1N1CCN(Cc2ccccc2)CC1. The molecule has 2 fully saturated rings. The molecule has 2 aliphatic rings. The number of hydrogen-bond acceptors (Lipinski definition) is 3. The van der Waals surface area contributed by atoms with Crippen LogP contribution in [-0.4, -0.2) is 43.5 Å². The van der Waals surface area contributed by atoms with Crippen molar-refractivity contribution in [3.8, 4) is 0 Å². The summed E-state index contributed by atoms with van der Waals surface area (Å²) in [6, 6.07) is 15.4. The van der Waals surface area contributed by atoms with Gasteiger partial charge in [0.15, 0.2) is 0 Å². The summed E-state index contributed by atoms with van der Waals surface area (Å²) in [5.41, 5.74) is 3.84. The van der Waals surface area contributed by atoms with Crippen molar-refractivity contribution in [2.75, 3.05) is 37.6 Å². The lowest BCUT2D eigenvalue weighted by atomic mass is 10.1. The van der Waals surface area contributed by atoms with Crippen LogP contribution in [0.15, 0.2) is 54.1 Å². The van der Waals surface area contributed by atoms with E-state index in [0.717, 1.165) is 49.5 Å². The summed E-state index contributed by atoms with van der Waals surface area (Å²) in [6.45, 7) is 5.32. The first-order valence-corrected chi connectivity index (χ1v) is 9.48. The lowest BCUT2D eigenvalue weighted by molar-refractivity contribution is -0.116. The average Bonchev–Trinajstić information content (AvgIpc) is 3.08. The largest absolute Gasteiger partial charge is 0.368 e. The van der Waals surface area contributed by atoms with Gasteiger partial charge < -0.3 is 10.2 Å². The number of anilines is 1. The fraction of sp³-hybridized carbons (Fsp3) is 0.318. The summed E-state index contributed by atoms with van der Waals surface area (Å²) in [5.74, 6) is -0.315. The summed E-state index contributed by atoms with van der Waals surface area (Å²) in [7, 11) is 0. The minimum atomic E-state index is -0.272. The number of hydrogen-bond donors (Lipinski definition) is 1. The summed E-state index contributed by atoms with van der Waals surface area (Å²) < 4.78 is 13.8. The number of amides is 1. The molecule has 2 aliphatic heterocycles. The standard InChI is InChI=1S/C22H24FN3O/c23-20-6-7-21(19(15-20)14-18-8-9-24-22(18)27)26-12-10-25(11-13-26)16-17-4-2-1-3-5-17/h1-7,14-15H,8-13,16H2,(H,24,27). The zero-order valence-electron chi connectivity index (χ0n) is 15.3. The maximum absolute atomic E-state index is 13.8. The number of nitrogens with one attached hydrogen (secondary N) is 1. The molecule has 1 N–H and O–H groups in total. The van der Waals surface area contributed by atoms with E-state index < -0.39 is 0 Å². The molecule has 2 aromatic carbocycles. The molecule has 4 rings (SSSR count). The topological polar surface area (TPSA) is 35.6 Å². The Labute approximate surface area is 159 Å². The Morgan fingerprint density at radius 2 is 1.81 bits per heavy atom. The van der Waals surface area contributed by atoms with Gasteiger partial charge in [0.25, 0.3) is 0 Å². The molecule has 2 aromatic rings. The van der Waals surface area contributed by atoms with Crippen molar-refractivity contribution in [1.82, 2.24) is 10.2 Å². The maximum atomic E-state index is 13.8. The molecule has 27 heavy (non-hydrogen) atoms. The van der Waals surface area contributed by atoms with Gasteiger partial charge in [0.05, 0.1) is 0 Å². The van der Waals surface area contributed by atoms with Gasteiger partial charge in [-0.25, -0.2) is 4.39 Å². The molecule has 0 atom stereocenters. The summed E-state index contributed by atoms with van der Waals surface area (Å²) in [4.78, 5) is 16.6. The van der Waals surface area contributed by atoms with Gasteiger partial charge in [-0.2, -0.15) is 0 Å². The Balaban J connectivity index is 1.47. The number of carbonyl (C=O) groups excluding carboxylic acids is 1. The zero-order chi connectivity index (χ0) is 18.6. The van der Waals surface area contributed by atoms with E-state index in [-0.39, 0.29) is 11.7 Å². The first-order valence-electron chi connectivity index (χ1n) is 9.48. The number of rotatable bonds is 4. The summed E-state index contributed by atoms with van der Waals surface area (Å²) >= 11 is 0. The van der Waals surface area contributed by atoms with Gasteiger partial charge in [0.1, 0.15) is 5.82 Å². The number of nitrogens with zero attached hydrogens (tertiary/aromatic N) is 2. The van der Waals surface area contributed by atoms with Crippen LogP contribution >= 0.6 is 0 Å². The number of carbonyl (C=O) groups is 1. The molecule has 5 heteroatoms. The Morgan fingerprint density at radius 1 is 1.04 bits per heavy atom. The minimum Gasteiger partial charge on any atom is -0.368 e. The molecule has 2 heterocycles. The second-order valence-electron chi connectivity index (χ2n) is 7.13. The summed E-state index contributed by atoms with van der Waals surface area (Å²) in [5, 5.41) is 2.81. The van der Waals surface area contributed by atoms with E-state index in [1.807, 2.05) is 18.2 Å². The predicted molar refractivity (Wildman–Crippen MR) is 106 cm³/mol. The van der Waals surface area contributed by atoms with E-state index in [0.29, 0.717) is 13.0 Å². The molecule has 0 radical (unpaired) electrons. The molecule has 0 aliphatic carbocycles. The van der Waals surface area contributed by atoms with Crippen molar-refractivity contribution in [3.63, 3.8) is 0 Å². The van der Waals surface area contributed by atoms with Crippen molar-refractivity contribution < 1.29 is 9.18 Å². The fourth-order valence-corrected chi connectivity index (χ4v) is 3.78. The molecule has 0 saturated carbocycles. The van der Waals surface area contributed by atoms with Gasteiger partial charge in [0.2, 0.25) is 5.91 Å². The highest BCUT2D eigenvalue weighted by molar-refractivity contribution is 6.00. The van der Waals surface area contributed by atoms with Gasteiger partial charge in [-0.3, -0.25) is 9.69 Å². The lowest BCUT2D eigenvalue weighted by Crippen LogP contribution is -2.46. The number of benzene rings is 2. The molecule has 140 valence electrons. The highest BCUT2D eigenvalue weighted by Crippen LogP contribution is 2.27. The van der Waals surface area contributed by atoms with Crippen LogP contribution in [0.4, 0.5) is 10.1 Å². The van der Waals surface area contributed by atoms with Crippen LogP contribution in [0.2, 0.25) is 0 Å². The Hall–Kier alpha value is -2.66. The van der Waals surface area contributed by atoms with E-state index in [1.54, 1.807) is 0 Å². The second kappa shape index (κ2) is 7.92. The third kappa shape index (κ3) is 4.19. The first kappa shape index (κ1) is 17.7. The van der Waals surface area contributed by atoms with E-state index >= 15 is 0 Å². The van der Waals surface area contributed by atoms with Crippen LogP contribution in [0.1, 0.15) is 17.5 Å². The Kier molecular flexibility index (Phi) is 5.21. The van der Waals surface area contributed by atoms with Crippen LogP contribution in [0.3, 0.4) is 0 Å². The maximum Gasteiger partial charge on any atom is 0.247 e. The second-order valence-corrected chi connectivity index (χ2v) is 7.13. The zero-order valence-corrected chi connectivity index (χ0v) is 15.3. The van der Waals surface area contributed by atoms with E-state index in [2.05, 4.69) is 39.4 Å². The molecule has 0 aromatic heterocycles. The van der Waals surface area contributed by atoms with Crippen molar-refractivity contribution in [3.05, 3.63) is 71.0 Å². The average molecular weight is 365 g/mol. The van der Waals surface area contributed by atoms with Gasteiger partial charge >= 0.3 is 0 Å². The van der Waals surface area contributed by atoms with Crippen LogP contribution < -0.4 is 10.2 Å². The van der Waals surface area contributed by atoms with Crippen LogP contribution in [0.5, 0.6) is 0 Å². The third-order valence-corrected chi connectivity index (χ3v) is 5.25.